The van der Waals surface area contributed by atoms with Gasteiger partial charge in [-0.3, -0.25) is 20.0 Å². The van der Waals surface area contributed by atoms with E-state index in [9.17, 15) is 20.3 Å². The number of piperazine rings is 1. The molecule has 4 N–H and O–H groups in total. The number of nitrogens with one attached hydrogen (secondary N) is 2. The fraction of sp³-hybridized carbons (Fsp3) is 0.295. The summed E-state index contributed by atoms with van der Waals surface area (Å²) in [5.41, 5.74) is 9.29. The van der Waals surface area contributed by atoms with E-state index in [0.717, 1.165) is 55.0 Å². The first-order valence-electron chi connectivity index (χ1n) is 18.3. The van der Waals surface area contributed by atoms with Gasteiger partial charge in [0.1, 0.15) is 36.3 Å². The number of hydrogen-bond donors (Lipinski definition) is 4. The van der Waals surface area contributed by atoms with Crippen molar-refractivity contribution in [1.29, 1.82) is 5.26 Å². The Labute approximate surface area is 327 Å². The second-order valence-electron chi connectivity index (χ2n) is 14.1. The highest BCUT2D eigenvalue weighted by Crippen LogP contribution is 2.37. The van der Waals surface area contributed by atoms with Crippen LogP contribution in [0.5, 0.6) is 11.5 Å². The molecular formula is C44H46ClN5O5. The topological polar surface area (TPSA) is 140 Å². The lowest BCUT2D eigenvalue weighted by Gasteiger charge is -2.27. The van der Waals surface area contributed by atoms with Crippen LogP contribution >= 0.6 is 11.6 Å². The second kappa shape index (κ2) is 17.9. The van der Waals surface area contributed by atoms with Crippen LogP contribution in [0, 0.1) is 25.2 Å². The zero-order chi connectivity index (χ0) is 39.0. The van der Waals surface area contributed by atoms with Crippen molar-refractivity contribution in [2.24, 2.45) is 0 Å². The summed E-state index contributed by atoms with van der Waals surface area (Å²) in [4.78, 5) is 18.4. The normalized spacial score (nSPS) is 14.2. The Balaban J connectivity index is 1.22. The van der Waals surface area contributed by atoms with Crippen LogP contribution in [0.2, 0.25) is 5.02 Å². The van der Waals surface area contributed by atoms with Crippen molar-refractivity contribution in [2.75, 3.05) is 32.8 Å². The number of carbonyl (C=O) groups is 1. The average Bonchev–Trinajstić information content (AvgIpc) is 3.20. The first-order chi connectivity index (χ1) is 26.6. The molecule has 284 valence electrons. The first-order valence-corrected chi connectivity index (χ1v) is 18.7. The number of pyridine rings is 1. The lowest BCUT2D eigenvalue weighted by atomic mass is 9.89. The van der Waals surface area contributed by atoms with Crippen molar-refractivity contribution in [3.63, 3.8) is 0 Å². The second-order valence-corrected chi connectivity index (χ2v) is 14.5. The number of nitriles is 1. The third kappa shape index (κ3) is 9.51. The first kappa shape index (κ1) is 39.4. The van der Waals surface area contributed by atoms with Gasteiger partial charge in [-0.25, -0.2) is 0 Å². The van der Waals surface area contributed by atoms with Gasteiger partial charge in [0.15, 0.2) is 0 Å². The monoisotopic (exact) mass is 759 g/mol. The van der Waals surface area contributed by atoms with E-state index < -0.39 is 18.1 Å². The maximum Gasteiger partial charge on any atom is 0.326 e. The van der Waals surface area contributed by atoms with Gasteiger partial charge in [-0.15, -0.1) is 0 Å². The van der Waals surface area contributed by atoms with Gasteiger partial charge in [0, 0.05) is 68.9 Å². The number of aliphatic carboxylic acids is 1. The Morgan fingerprint density at radius 3 is 2.31 bits per heavy atom. The summed E-state index contributed by atoms with van der Waals surface area (Å²) >= 11 is 6.77. The summed E-state index contributed by atoms with van der Waals surface area (Å²) in [6, 6.07) is 28.7. The number of hydrogen-bond acceptors (Lipinski definition) is 9. The van der Waals surface area contributed by atoms with Crippen LogP contribution in [-0.2, 0) is 31.1 Å². The maximum absolute atomic E-state index is 11.8. The smallest absolute Gasteiger partial charge is 0.326 e. The molecule has 1 aliphatic rings. The van der Waals surface area contributed by atoms with Gasteiger partial charge >= 0.3 is 5.97 Å². The van der Waals surface area contributed by atoms with Gasteiger partial charge in [-0.1, -0.05) is 72.3 Å². The molecule has 1 unspecified atom stereocenters. The molecule has 0 radical (unpaired) electrons. The van der Waals surface area contributed by atoms with E-state index in [2.05, 4.69) is 89.0 Å². The molecule has 1 aliphatic heterocycles. The molecule has 1 fully saturated rings. The van der Waals surface area contributed by atoms with Crippen LogP contribution < -0.4 is 20.1 Å². The highest BCUT2D eigenvalue weighted by atomic mass is 35.5. The molecule has 5 aromatic rings. The number of carboxylic acids is 1. The highest BCUT2D eigenvalue weighted by molar-refractivity contribution is 6.32. The zero-order valence-corrected chi connectivity index (χ0v) is 32.1. The van der Waals surface area contributed by atoms with Gasteiger partial charge in [-0.05, 0) is 77.4 Å². The molecule has 0 bridgehead atoms. The molecule has 10 nitrogen and oxygen atoms in total. The summed E-state index contributed by atoms with van der Waals surface area (Å²) in [6.07, 6.45) is 3.08. The van der Waals surface area contributed by atoms with Crippen molar-refractivity contribution >= 4 is 17.6 Å². The number of nitrogens with zero attached hydrogens (tertiary/aromatic N) is 3. The van der Waals surface area contributed by atoms with Crippen LogP contribution in [0.3, 0.4) is 0 Å². The largest absolute Gasteiger partial charge is 0.488 e. The molecule has 1 saturated heterocycles. The Kier molecular flexibility index (Phi) is 12.8. The van der Waals surface area contributed by atoms with Gasteiger partial charge < -0.3 is 25.0 Å². The molecule has 0 amide bonds. The molecule has 6 rings (SSSR count). The lowest BCUT2D eigenvalue weighted by Crippen LogP contribution is -2.52. The van der Waals surface area contributed by atoms with Crippen LogP contribution in [0.4, 0.5) is 0 Å². The third-order valence-corrected chi connectivity index (χ3v) is 10.5. The predicted molar refractivity (Wildman–Crippen MR) is 214 cm³/mol. The zero-order valence-electron chi connectivity index (χ0n) is 31.4. The summed E-state index contributed by atoms with van der Waals surface area (Å²) < 4.78 is 12.5. The van der Waals surface area contributed by atoms with Gasteiger partial charge in [-0.2, -0.15) is 5.26 Å². The number of halogens is 1. The van der Waals surface area contributed by atoms with Crippen molar-refractivity contribution in [3.8, 4) is 39.8 Å². The standard InChI is InChI=1S/C44H46ClN5O5/c1-29-35(6-4-8-38(29)39-9-5-7-37(30(39)2)34-12-10-31(11-13-34)25-50-16-14-47-15-17-50)27-55-42-20-41(54-26-33-18-32(21-46)22-48-23-33)36(19-40(42)45)24-49-44(3,28-51)43(52)53/h4-13,18-20,22-23,47,49,51H,14-17,24-28H2,1-3H3,(H,52,53). The maximum atomic E-state index is 11.8. The lowest BCUT2D eigenvalue weighted by molar-refractivity contribution is -0.145. The fourth-order valence-electron chi connectivity index (χ4n) is 6.68. The van der Waals surface area contributed by atoms with Crippen molar-refractivity contribution < 1.29 is 24.5 Å². The van der Waals surface area contributed by atoms with Gasteiger partial charge in [0.25, 0.3) is 0 Å². The van der Waals surface area contributed by atoms with Crippen molar-refractivity contribution in [1.82, 2.24) is 20.5 Å². The minimum Gasteiger partial charge on any atom is -0.488 e. The molecule has 1 atom stereocenters. The number of rotatable bonds is 15. The molecule has 4 aromatic carbocycles. The molecule has 2 heterocycles. The molecule has 0 saturated carbocycles. The van der Waals surface area contributed by atoms with Crippen molar-refractivity contribution in [2.45, 2.75) is 52.6 Å². The van der Waals surface area contributed by atoms with Gasteiger partial charge in [0.2, 0.25) is 0 Å². The number of aromatic nitrogens is 1. The summed E-state index contributed by atoms with van der Waals surface area (Å²) in [5.74, 6) is -0.413. The minimum atomic E-state index is -1.58. The number of aliphatic hydroxyl groups is 1. The predicted octanol–water partition coefficient (Wildman–Crippen LogP) is 7.05. The Morgan fingerprint density at radius 2 is 1.60 bits per heavy atom. The molecule has 11 heteroatoms. The van der Waals surface area contributed by atoms with E-state index in [-0.39, 0.29) is 19.8 Å². The minimum absolute atomic E-state index is 0.0371. The van der Waals surface area contributed by atoms with E-state index in [1.165, 1.54) is 35.4 Å². The number of aliphatic hydroxyl groups excluding tert-OH is 1. The van der Waals surface area contributed by atoms with Crippen molar-refractivity contribution in [3.05, 3.63) is 135 Å². The Morgan fingerprint density at radius 1 is 0.909 bits per heavy atom. The average molecular weight is 760 g/mol. The molecule has 1 aromatic heterocycles. The number of benzene rings is 4. The summed E-state index contributed by atoms with van der Waals surface area (Å²) in [7, 11) is 0. The SMILES string of the molecule is Cc1c(COc2cc(OCc3cncc(C#N)c3)c(CNC(C)(CO)C(=O)O)cc2Cl)cccc1-c1cccc(-c2ccc(CN3CCNCC3)cc2)c1C. The van der Waals surface area contributed by atoms with Crippen LogP contribution in [0.25, 0.3) is 22.3 Å². The van der Waals surface area contributed by atoms with Gasteiger partial charge in [0.05, 0.1) is 17.2 Å². The highest BCUT2D eigenvalue weighted by Gasteiger charge is 2.32. The van der Waals surface area contributed by atoms with E-state index in [4.69, 9.17) is 21.1 Å². The van der Waals surface area contributed by atoms with E-state index in [0.29, 0.717) is 33.2 Å². The molecule has 0 spiro atoms. The van der Waals surface area contributed by atoms with E-state index in [1.807, 2.05) is 12.1 Å². The van der Waals surface area contributed by atoms with E-state index >= 15 is 0 Å². The van der Waals surface area contributed by atoms with Crippen LogP contribution in [-0.4, -0.2) is 64.4 Å². The van der Waals surface area contributed by atoms with Crippen LogP contribution in [0.15, 0.2) is 91.3 Å². The quantitative estimate of drug-likeness (QED) is 0.0879. The van der Waals surface area contributed by atoms with Crippen LogP contribution in [0.1, 0.15) is 45.9 Å². The molecular weight excluding hydrogens is 714 g/mol. The number of ether oxygens (including phenoxy) is 2. The Bertz CT molecular complexity index is 2180. The summed E-state index contributed by atoms with van der Waals surface area (Å²) in [6.45, 7) is 10.6. The number of carboxylic acid groups (broad SMARTS) is 1. The molecule has 55 heavy (non-hydrogen) atoms. The van der Waals surface area contributed by atoms with E-state index in [1.54, 1.807) is 24.4 Å². The third-order valence-electron chi connectivity index (χ3n) is 10.2. The molecule has 0 aliphatic carbocycles. The Hall–Kier alpha value is -5.28. The summed E-state index contributed by atoms with van der Waals surface area (Å²) in [5, 5.41) is 35.4. The fourth-order valence-corrected chi connectivity index (χ4v) is 6.92.